The summed E-state index contributed by atoms with van der Waals surface area (Å²) in [6.07, 6.45) is 0.956. The Labute approximate surface area is 132 Å². The highest BCUT2D eigenvalue weighted by Gasteiger charge is 2.32. The second-order valence-corrected chi connectivity index (χ2v) is 8.38. The topological polar surface area (TPSA) is 63.4 Å². The fraction of sp³-hybridized carbons (Fsp3) is 0.533. The van der Waals surface area contributed by atoms with Crippen molar-refractivity contribution in [1.82, 2.24) is 4.31 Å². The zero-order valence-corrected chi connectivity index (χ0v) is 14.1. The van der Waals surface area contributed by atoms with Crippen molar-refractivity contribution < 1.29 is 8.42 Å². The number of nitrogens with two attached hydrogens (primary N) is 1. The van der Waals surface area contributed by atoms with Crippen molar-refractivity contribution in [2.75, 3.05) is 13.1 Å². The maximum atomic E-state index is 12.5. The maximum absolute atomic E-state index is 12.5. The highest BCUT2D eigenvalue weighted by Crippen LogP contribution is 2.26. The van der Waals surface area contributed by atoms with Gasteiger partial charge in [-0.25, -0.2) is 12.7 Å². The molecule has 1 saturated heterocycles. The highest BCUT2D eigenvalue weighted by molar-refractivity contribution is 7.88. The van der Waals surface area contributed by atoms with Gasteiger partial charge in [-0.2, -0.15) is 0 Å². The van der Waals surface area contributed by atoms with Crippen LogP contribution in [0.4, 0.5) is 0 Å². The van der Waals surface area contributed by atoms with Gasteiger partial charge in [0.05, 0.1) is 5.75 Å². The molecule has 0 saturated carbocycles. The zero-order chi connectivity index (χ0) is 15.6. The van der Waals surface area contributed by atoms with Gasteiger partial charge in [-0.1, -0.05) is 50.3 Å². The third-order valence-electron chi connectivity index (χ3n) is 4.11. The number of hydrogen-bond acceptors (Lipinski definition) is 3. The molecule has 0 bridgehead atoms. The molecule has 1 fully saturated rings. The second-order valence-electron chi connectivity index (χ2n) is 5.97. The van der Waals surface area contributed by atoms with E-state index in [-0.39, 0.29) is 5.75 Å². The van der Waals surface area contributed by atoms with Crippen LogP contribution in [-0.2, 0) is 15.8 Å². The Kier molecular flexibility index (Phi) is 5.01. The molecular weight excluding hydrogens is 304 g/mol. The molecule has 1 unspecified atom stereocenters. The van der Waals surface area contributed by atoms with Gasteiger partial charge in [0.15, 0.2) is 0 Å². The van der Waals surface area contributed by atoms with Gasteiger partial charge in [-0.15, -0.1) is 0 Å². The number of hydrogen-bond donors (Lipinski definition) is 1. The van der Waals surface area contributed by atoms with Crippen LogP contribution in [0.2, 0.25) is 0 Å². The fourth-order valence-electron chi connectivity index (χ4n) is 2.62. The lowest BCUT2D eigenvalue weighted by Crippen LogP contribution is -2.30. The van der Waals surface area contributed by atoms with Crippen molar-refractivity contribution in [1.29, 1.82) is 0 Å². The Balaban J connectivity index is 2.06. The normalized spacial score (nSPS) is 20.0. The summed E-state index contributed by atoms with van der Waals surface area (Å²) < 4.78 is 26.6. The molecule has 116 valence electrons. The van der Waals surface area contributed by atoms with Crippen LogP contribution in [0.15, 0.2) is 24.3 Å². The molecule has 1 aliphatic rings. The average molecular weight is 326 g/mol. The summed E-state index contributed by atoms with van der Waals surface area (Å²) in [4.78, 5) is 0.323. The largest absolute Gasteiger partial charge is 0.389 e. The van der Waals surface area contributed by atoms with Gasteiger partial charge in [0.1, 0.15) is 4.99 Å². The minimum Gasteiger partial charge on any atom is -0.389 e. The van der Waals surface area contributed by atoms with E-state index >= 15 is 0 Å². The first-order chi connectivity index (χ1) is 9.79. The van der Waals surface area contributed by atoms with Crippen LogP contribution >= 0.6 is 12.2 Å². The standard InChI is InChI=1S/C15H22N2O2S2/c1-11(2)14-7-8-17(9-14)21(18,19)10-12-3-5-13(6-4-12)15(16)20/h3-6,11,14H,7-10H2,1-2H3,(H2,16,20). The Morgan fingerprint density at radius 2 is 2.00 bits per heavy atom. The van der Waals surface area contributed by atoms with Crippen LogP contribution in [-0.4, -0.2) is 30.8 Å². The Morgan fingerprint density at radius 3 is 2.48 bits per heavy atom. The van der Waals surface area contributed by atoms with E-state index in [4.69, 9.17) is 18.0 Å². The van der Waals surface area contributed by atoms with Gasteiger partial charge in [-0.05, 0) is 23.8 Å². The summed E-state index contributed by atoms with van der Waals surface area (Å²) in [6, 6.07) is 7.10. The Morgan fingerprint density at radius 1 is 1.38 bits per heavy atom. The predicted octanol–water partition coefficient (Wildman–Crippen LogP) is 2.13. The van der Waals surface area contributed by atoms with Gasteiger partial charge < -0.3 is 5.73 Å². The third-order valence-corrected chi connectivity index (χ3v) is 6.16. The Hall–Kier alpha value is -0.980. The van der Waals surface area contributed by atoms with Gasteiger partial charge in [0, 0.05) is 18.7 Å². The van der Waals surface area contributed by atoms with Crippen molar-refractivity contribution in [3.8, 4) is 0 Å². The molecule has 2 rings (SSSR count). The lowest BCUT2D eigenvalue weighted by atomic mass is 9.96. The van der Waals surface area contributed by atoms with Crippen molar-refractivity contribution in [3.63, 3.8) is 0 Å². The SMILES string of the molecule is CC(C)C1CCN(S(=O)(=O)Cc2ccc(C(N)=S)cc2)C1. The molecule has 1 aromatic carbocycles. The molecule has 21 heavy (non-hydrogen) atoms. The van der Waals surface area contributed by atoms with Crippen LogP contribution in [0.25, 0.3) is 0 Å². The molecule has 0 aliphatic carbocycles. The summed E-state index contributed by atoms with van der Waals surface area (Å²) in [5.74, 6) is 1.03. The van der Waals surface area contributed by atoms with Gasteiger partial charge in [-0.3, -0.25) is 0 Å². The first-order valence-corrected chi connectivity index (χ1v) is 9.18. The van der Waals surface area contributed by atoms with Crippen molar-refractivity contribution in [3.05, 3.63) is 35.4 Å². The predicted molar refractivity (Wildman–Crippen MR) is 89.5 cm³/mol. The molecule has 6 heteroatoms. The average Bonchev–Trinajstić information content (AvgIpc) is 2.89. The van der Waals surface area contributed by atoms with Gasteiger partial charge in [0.2, 0.25) is 10.0 Å². The van der Waals surface area contributed by atoms with Gasteiger partial charge in [0.25, 0.3) is 0 Å². The number of nitrogens with zero attached hydrogens (tertiary/aromatic N) is 1. The molecule has 0 radical (unpaired) electrons. The fourth-order valence-corrected chi connectivity index (χ4v) is 4.35. The third kappa shape index (κ3) is 4.02. The molecule has 1 aromatic rings. The molecule has 0 amide bonds. The lowest BCUT2D eigenvalue weighted by molar-refractivity contribution is 0.388. The first kappa shape index (κ1) is 16.4. The lowest BCUT2D eigenvalue weighted by Gasteiger charge is -2.18. The summed E-state index contributed by atoms with van der Waals surface area (Å²) in [6.45, 7) is 5.57. The van der Waals surface area contributed by atoms with Crippen molar-refractivity contribution >= 4 is 27.2 Å². The molecule has 1 aliphatic heterocycles. The smallest absolute Gasteiger partial charge is 0.218 e. The van der Waals surface area contributed by atoms with E-state index in [0.717, 1.165) is 17.5 Å². The van der Waals surface area contributed by atoms with E-state index < -0.39 is 10.0 Å². The monoisotopic (exact) mass is 326 g/mol. The summed E-state index contributed by atoms with van der Waals surface area (Å²) in [7, 11) is -3.24. The van der Waals surface area contributed by atoms with E-state index in [1.54, 1.807) is 28.6 Å². The van der Waals surface area contributed by atoms with Crippen LogP contribution < -0.4 is 5.73 Å². The van der Waals surface area contributed by atoms with E-state index in [1.165, 1.54) is 0 Å². The highest BCUT2D eigenvalue weighted by atomic mass is 32.2. The van der Waals surface area contributed by atoms with Gasteiger partial charge >= 0.3 is 0 Å². The van der Waals surface area contributed by atoms with Crippen LogP contribution in [0.1, 0.15) is 31.4 Å². The molecule has 1 atom stereocenters. The number of benzene rings is 1. The first-order valence-electron chi connectivity index (χ1n) is 7.16. The summed E-state index contributed by atoms with van der Waals surface area (Å²) in [5, 5.41) is 0. The zero-order valence-electron chi connectivity index (χ0n) is 12.5. The molecule has 0 aromatic heterocycles. The van der Waals surface area contributed by atoms with E-state index in [2.05, 4.69) is 13.8 Å². The minimum atomic E-state index is -3.24. The number of rotatable bonds is 5. The molecule has 4 nitrogen and oxygen atoms in total. The van der Waals surface area contributed by atoms with Crippen LogP contribution in [0.3, 0.4) is 0 Å². The van der Waals surface area contributed by atoms with E-state index in [1.807, 2.05) is 0 Å². The maximum Gasteiger partial charge on any atom is 0.218 e. The summed E-state index contributed by atoms with van der Waals surface area (Å²) in [5.41, 5.74) is 7.06. The summed E-state index contributed by atoms with van der Waals surface area (Å²) >= 11 is 4.89. The molecular formula is C15H22N2O2S2. The molecule has 2 N–H and O–H groups in total. The Bertz CT molecular complexity index is 609. The van der Waals surface area contributed by atoms with E-state index in [0.29, 0.717) is 29.9 Å². The van der Waals surface area contributed by atoms with Crippen LogP contribution in [0, 0.1) is 11.8 Å². The number of thiocarbonyl (C=S) groups is 1. The van der Waals surface area contributed by atoms with Crippen molar-refractivity contribution in [2.45, 2.75) is 26.0 Å². The minimum absolute atomic E-state index is 0.0371. The molecule has 1 heterocycles. The van der Waals surface area contributed by atoms with Crippen LogP contribution in [0.5, 0.6) is 0 Å². The van der Waals surface area contributed by atoms with E-state index in [9.17, 15) is 8.42 Å². The quantitative estimate of drug-likeness (QED) is 0.842. The second kappa shape index (κ2) is 6.42. The number of sulfonamides is 1. The molecule has 0 spiro atoms. The van der Waals surface area contributed by atoms with Crippen molar-refractivity contribution in [2.24, 2.45) is 17.6 Å².